The van der Waals surface area contributed by atoms with Crippen molar-refractivity contribution in [3.8, 4) is 0 Å². The number of rotatable bonds is 1. The maximum Gasteiger partial charge on any atom is 0.415 e. The molecule has 0 spiro atoms. The van der Waals surface area contributed by atoms with Crippen molar-refractivity contribution in [1.82, 2.24) is 4.90 Å². The number of nitrogens with zero attached hydrogens (tertiary/aromatic N) is 1. The molecule has 0 atom stereocenters. The van der Waals surface area contributed by atoms with Crippen LogP contribution in [0.2, 0.25) is 0 Å². The molecule has 0 N–H and O–H groups in total. The zero-order chi connectivity index (χ0) is 18.4. The summed E-state index contributed by atoms with van der Waals surface area (Å²) >= 11 is 0. The van der Waals surface area contributed by atoms with Crippen LogP contribution < -0.4 is 0 Å². The van der Waals surface area contributed by atoms with Gasteiger partial charge in [-0.1, -0.05) is 30.7 Å². The van der Waals surface area contributed by atoms with Crippen molar-refractivity contribution in [3.63, 3.8) is 0 Å². The topological polar surface area (TPSA) is 55.8 Å². The zero-order valence-corrected chi connectivity index (χ0v) is 15.5. The van der Waals surface area contributed by atoms with Gasteiger partial charge in [-0.2, -0.15) is 0 Å². The minimum Gasteiger partial charge on any atom is -0.464 e. The van der Waals surface area contributed by atoms with E-state index in [4.69, 9.17) is 9.47 Å². The minimum absolute atomic E-state index is 0.214. The van der Waals surface area contributed by atoms with Crippen LogP contribution in [0.3, 0.4) is 0 Å². The van der Waals surface area contributed by atoms with E-state index in [1.807, 2.05) is 39.0 Å². The molecule has 0 radical (unpaired) electrons. The lowest BCUT2D eigenvalue weighted by Crippen LogP contribution is -2.39. The van der Waals surface area contributed by atoms with E-state index in [2.05, 4.69) is 6.07 Å². The molecule has 0 aliphatic carbocycles. The number of esters is 1. The molecule has 0 saturated carbocycles. The molecule has 1 heterocycles. The van der Waals surface area contributed by atoms with Crippen LogP contribution in [0.1, 0.15) is 51.2 Å². The lowest BCUT2D eigenvalue weighted by molar-refractivity contribution is -0.137. The van der Waals surface area contributed by atoms with Crippen LogP contribution in [0, 0.1) is 0 Å². The molecule has 0 saturated heterocycles. The molecule has 0 aromatic heterocycles. The average molecular weight is 345 g/mol. The fourth-order valence-electron chi connectivity index (χ4n) is 2.79. The van der Waals surface area contributed by atoms with Crippen LogP contribution >= 0.6 is 0 Å². The van der Waals surface area contributed by atoms with Crippen molar-refractivity contribution < 1.29 is 19.1 Å². The van der Waals surface area contributed by atoms with Gasteiger partial charge in [-0.3, -0.25) is 4.90 Å². The predicted molar refractivity (Wildman–Crippen MR) is 96.9 cm³/mol. The maximum absolute atomic E-state index is 12.7. The second-order valence-electron chi connectivity index (χ2n) is 7.16. The lowest BCUT2D eigenvalue weighted by Gasteiger charge is -2.28. The van der Waals surface area contributed by atoms with Crippen LogP contribution in [0.15, 0.2) is 30.0 Å². The van der Waals surface area contributed by atoms with Gasteiger partial charge in [0.05, 0.1) is 7.11 Å². The number of aryl methyl sites for hydroxylation is 1. The molecule has 1 aromatic rings. The first-order chi connectivity index (χ1) is 11.8. The molecule has 0 fully saturated rings. The number of hydrogen-bond acceptors (Lipinski definition) is 4. The molecule has 2 rings (SSSR count). The third-order valence-electron chi connectivity index (χ3n) is 3.97. The van der Waals surface area contributed by atoms with Crippen molar-refractivity contribution in [2.75, 3.05) is 13.7 Å². The van der Waals surface area contributed by atoms with Crippen molar-refractivity contribution in [2.45, 2.75) is 52.1 Å². The van der Waals surface area contributed by atoms with E-state index in [-0.39, 0.29) is 5.70 Å². The largest absolute Gasteiger partial charge is 0.464 e. The van der Waals surface area contributed by atoms with Gasteiger partial charge in [0.2, 0.25) is 0 Å². The minimum atomic E-state index is -0.633. The summed E-state index contributed by atoms with van der Waals surface area (Å²) in [5.74, 6) is -0.541. The first kappa shape index (κ1) is 19.0. The summed E-state index contributed by atoms with van der Waals surface area (Å²) in [6.45, 7) is 5.85. The molecule has 1 amide bonds. The van der Waals surface area contributed by atoms with Gasteiger partial charge in [0.1, 0.15) is 11.3 Å². The monoisotopic (exact) mass is 345 g/mol. The number of ether oxygens (including phenoxy) is 2. The van der Waals surface area contributed by atoms with Crippen LogP contribution in [-0.2, 0) is 20.7 Å². The summed E-state index contributed by atoms with van der Waals surface area (Å²) in [7, 11) is 1.32. The summed E-state index contributed by atoms with van der Waals surface area (Å²) in [6, 6.07) is 7.92. The summed E-state index contributed by atoms with van der Waals surface area (Å²) in [6.07, 6.45) is 4.98. The fraction of sp³-hybridized carbons (Fsp3) is 0.500. The summed E-state index contributed by atoms with van der Waals surface area (Å²) < 4.78 is 10.4. The Balaban J connectivity index is 2.48. The molecule has 25 heavy (non-hydrogen) atoms. The molecular weight excluding hydrogens is 318 g/mol. The highest BCUT2D eigenvalue weighted by atomic mass is 16.6. The average Bonchev–Trinajstić information content (AvgIpc) is 2.55. The lowest BCUT2D eigenvalue weighted by atomic mass is 9.99. The van der Waals surface area contributed by atoms with Crippen LogP contribution in [0.25, 0.3) is 6.08 Å². The van der Waals surface area contributed by atoms with Crippen LogP contribution in [0.5, 0.6) is 0 Å². The van der Waals surface area contributed by atoms with Crippen molar-refractivity contribution in [2.24, 2.45) is 0 Å². The number of hydrogen-bond donors (Lipinski definition) is 0. The smallest absolute Gasteiger partial charge is 0.415 e. The highest BCUT2D eigenvalue weighted by molar-refractivity contribution is 5.97. The summed E-state index contributed by atoms with van der Waals surface area (Å²) in [4.78, 5) is 26.5. The van der Waals surface area contributed by atoms with E-state index in [9.17, 15) is 9.59 Å². The molecule has 1 aromatic carbocycles. The normalized spacial score (nSPS) is 17.8. The molecular formula is C20H27NO4. The second kappa shape index (κ2) is 8.19. The third-order valence-corrected chi connectivity index (χ3v) is 3.97. The van der Waals surface area contributed by atoms with Gasteiger partial charge in [0, 0.05) is 6.54 Å². The van der Waals surface area contributed by atoms with Gasteiger partial charge in [0.25, 0.3) is 0 Å². The van der Waals surface area contributed by atoms with Crippen molar-refractivity contribution >= 4 is 18.1 Å². The van der Waals surface area contributed by atoms with Gasteiger partial charge in [-0.05, 0) is 57.2 Å². The van der Waals surface area contributed by atoms with Gasteiger partial charge >= 0.3 is 12.1 Å². The second-order valence-corrected chi connectivity index (χ2v) is 7.16. The first-order valence-corrected chi connectivity index (χ1v) is 8.70. The molecule has 1 aliphatic rings. The summed E-state index contributed by atoms with van der Waals surface area (Å²) in [5, 5.41) is 0. The highest BCUT2D eigenvalue weighted by Crippen LogP contribution is 2.23. The Hall–Kier alpha value is -2.30. The molecule has 0 unspecified atom stereocenters. The Morgan fingerprint density at radius 3 is 2.48 bits per heavy atom. The Morgan fingerprint density at radius 1 is 1.08 bits per heavy atom. The highest BCUT2D eigenvalue weighted by Gasteiger charge is 2.29. The first-order valence-electron chi connectivity index (χ1n) is 8.70. The van der Waals surface area contributed by atoms with Gasteiger partial charge in [-0.15, -0.1) is 0 Å². The van der Waals surface area contributed by atoms with E-state index in [0.29, 0.717) is 6.54 Å². The Kier molecular flexibility index (Phi) is 6.23. The van der Waals surface area contributed by atoms with E-state index < -0.39 is 17.7 Å². The Bertz CT molecular complexity index is 658. The SMILES string of the molecule is COC(=O)/C1=C/c2ccccc2CCCCCN1C(=O)OC(C)(C)C. The van der Waals surface area contributed by atoms with E-state index >= 15 is 0 Å². The number of benzene rings is 1. The predicted octanol–water partition coefficient (Wildman–Crippen LogP) is 4.16. The Labute approximate surface area is 149 Å². The standard InChI is InChI=1S/C20H27NO4/c1-20(2,3)25-19(23)21-13-9-5-6-10-15-11-7-8-12-16(15)14-17(21)18(22)24-4/h7-8,11-12,14H,5-6,9-10,13H2,1-4H3/b17-14-. The van der Waals surface area contributed by atoms with Crippen LogP contribution in [-0.4, -0.2) is 36.2 Å². The quantitative estimate of drug-likeness (QED) is 0.717. The molecule has 1 aliphatic heterocycles. The van der Waals surface area contributed by atoms with Gasteiger partial charge in [0.15, 0.2) is 0 Å². The van der Waals surface area contributed by atoms with E-state index in [1.54, 1.807) is 6.08 Å². The van der Waals surface area contributed by atoms with Gasteiger partial charge in [-0.25, -0.2) is 9.59 Å². The van der Waals surface area contributed by atoms with Crippen LogP contribution in [0.4, 0.5) is 4.79 Å². The van der Waals surface area contributed by atoms with Crippen molar-refractivity contribution in [1.29, 1.82) is 0 Å². The number of fused-ring (bicyclic) bond motifs is 1. The molecule has 5 nitrogen and oxygen atoms in total. The fourth-order valence-corrected chi connectivity index (χ4v) is 2.79. The number of methoxy groups -OCH3 is 1. The Morgan fingerprint density at radius 2 is 1.80 bits per heavy atom. The van der Waals surface area contributed by atoms with E-state index in [0.717, 1.165) is 36.8 Å². The van der Waals surface area contributed by atoms with E-state index in [1.165, 1.54) is 12.0 Å². The summed E-state index contributed by atoms with van der Waals surface area (Å²) in [5.41, 5.74) is 1.67. The zero-order valence-electron chi connectivity index (χ0n) is 15.5. The number of carbonyl (C=O) groups excluding carboxylic acids is 2. The third kappa shape index (κ3) is 5.34. The van der Waals surface area contributed by atoms with Crippen molar-refractivity contribution in [3.05, 3.63) is 41.1 Å². The van der Waals surface area contributed by atoms with Gasteiger partial charge < -0.3 is 9.47 Å². The maximum atomic E-state index is 12.7. The number of amides is 1. The molecule has 136 valence electrons. The molecule has 5 heteroatoms. The molecule has 0 bridgehead atoms. The number of carbonyl (C=O) groups is 2.